The monoisotopic (exact) mass is 584 g/mol. The van der Waals surface area contributed by atoms with Crippen molar-refractivity contribution in [3.63, 3.8) is 0 Å². The molecule has 1 amide bonds. The Morgan fingerprint density at radius 1 is 0.714 bits per heavy atom. The molecule has 0 fully saturated rings. The van der Waals surface area contributed by atoms with Crippen LogP contribution in [0.1, 0.15) is 56.1 Å². The zero-order chi connectivity index (χ0) is 30.9. The highest BCUT2D eigenvalue weighted by molar-refractivity contribution is 5.91. The lowest BCUT2D eigenvalue weighted by molar-refractivity contribution is -0.148. The summed E-state index contributed by atoms with van der Waals surface area (Å²) in [6.07, 6.45) is -1.90. The number of amides is 1. The Kier molecular flexibility index (Phi) is 14.4. The van der Waals surface area contributed by atoms with Crippen molar-refractivity contribution < 1.29 is 48.5 Å². The van der Waals surface area contributed by atoms with Gasteiger partial charge in [0.2, 0.25) is 5.91 Å². The van der Waals surface area contributed by atoms with Crippen molar-refractivity contribution in [1.82, 2.24) is 5.32 Å². The van der Waals surface area contributed by atoms with Gasteiger partial charge in [-0.05, 0) is 30.4 Å². The Morgan fingerprint density at radius 3 is 1.69 bits per heavy atom. The number of ether oxygens (including phenoxy) is 2. The van der Waals surface area contributed by atoms with Crippen LogP contribution in [-0.4, -0.2) is 57.9 Å². The van der Waals surface area contributed by atoms with Gasteiger partial charge >= 0.3 is 23.9 Å². The van der Waals surface area contributed by atoms with E-state index in [0.29, 0.717) is 0 Å². The SMILES string of the molecule is NC(CCC(=O)O)C(=O)CC(CCC(=O)OCc1ccccc1)C(=O)NC(CCC(=O)OCc1ccccc1)C(=O)O. The normalized spacial score (nSPS) is 12.8. The Bertz CT molecular complexity index is 1200. The maximum atomic E-state index is 13.1. The summed E-state index contributed by atoms with van der Waals surface area (Å²) in [5, 5.41) is 20.8. The number of carbonyl (C=O) groups excluding carboxylic acids is 4. The second-order valence-electron chi connectivity index (χ2n) is 9.68. The molecule has 3 unspecified atom stereocenters. The van der Waals surface area contributed by atoms with Gasteiger partial charge < -0.3 is 30.7 Å². The summed E-state index contributed by atoms with van der Waals surface area (Å²) in [7, 11) is 0. The quantitative estimate of drug-likeness (QED) is 0.177. The van der Waals surface area contributed by atoms with Gasteiger partial charge in [-0.25, -0.2) is 4.79 Å². The van der Waals surface area contributed by atoms with E-state index in [1.807, 2.05) is 12.1 Å². The molecule has 12 nitrogen and oxygen atoms in total. The van der Waals surface area contributed by atoms with Crippen LogP contribution in [0.2, 0.25) is 0 Å². The van der Waals surface area contributed by atoms with Gasteiger partial charge in [0, 0.05) is 31.6 Å². The molecule has 0 aliphatic heterocycles. The van der Waals surface area contributed by atoms with Crippen LogP contribution in [0.25, 0.3) is 0 Å². The summed E-state index contributed by atoms with van der Waals surface area (Å²) in [5.41, 5.74) is 7.31. The number of carbonyl (C=O) groups is 6. The number of hydrogen-bond donors (Lipinski definition) is 4. The molecule has 0 spiro atoms. The topological polar surface area (TPSA) is 199 Å². The van der Waals surface area contributed by atoms with E-state index in [4.69, 9.17) is 20.3 Å². The average Bonchev–Trinajstić information content (AvgIpc) is 2.98. The summed E-state index contributed by atoms with van der Waals surface area (Å²) < 4.78 is 10.4. The number of aliphatic carboxylic acids is 2. The summed E-state index contributed by atoms with van der Waals surface area (Å²) in [4.78, 5) is 72.9. The zero-order valence-electron chi connectivity index (χ0n) is 23.1. The van der Waals surface area contributed by atoms with Crippen molar-refractivity contribution in [3.05, 3.63) is 71.8 Å². The molecule has 2 aromatic rings. The minimum absolute atomic E-state index is 0.0104. The maximum Gasteiger partial charge on any atom is 0.326 e. The van der Waals surface area contributed by atoms with Gasteiger partial charge in [-0.1, -0.05) is 60.7 Å². The second-order valence-corrected chi connectivity index (χ2v) is 9.68. The van der Waals surface area contributed by atoms with Gasteiger partial charge in [0.15, 0.2) is 0 Å². The highest BCUT2D eigenvalue weighted by Gasteiger charge is 2.30. The number of carboxylic acid groups (broad SMARTS) is 2. The third kappa shape index (κ3) is 13.2. The Morgan fingerprint density at radius 2 is 1.21 bits per heavy atom. The number of carboxylic acids is 2. The van der Waals surface area contributed by atoms with Crippen LogP contribution >= 0.6 is 0 Å². The molecule has 0 heterocycles. The Hall–Kier alpha value is -4.58. The first kappa shape index (κ1) is 33.6. The van der Waals surface area contributed by atoms with Gasteiger partial charge in [0.25, 0.3) is 0 Å². The van der Waals surface area contributed by atoms with Crippen molar-refractivity contribution >= 4 is 35.6 Å². The predicted molar refractivity (Wildman–Crippen MR) is 148 cm³/mol. The lowest BCUT2D eigenvalue weighted by Crippen LogP contribution is -2.45. The van der Waals surface area contributed by atoms with E-state index >= 15 is 0 Å². The Balaban J connectivity index is 1.98. The number of nitrogens with one attached hydrogen (secondary N) is 1. The molecule has 226 valence electrons. The van der Waals surface area contributed by atoms with Crippen LogP contribution in [-0.2, 0) is 51.5 Å². The van der Waals surface area contributed by atoms with Crippen molar-refractivity contribution in [2.75, 3.05) is 0 Å². The minimum Gasteiger partial charge on any atom is -0.481 e. The number of nitrogens with two attached hydrogens (primary N) is 1. The first-order valence-corrected chi connectivity index (χ1v) is 13.5. The molecule has 42 heavy (non-hydrogen) atoms. The van der Waals surface area contributed by atoms with Crippen LogP contribution in [0.5, 0.6) is 0 Å². The largest absolute Gasteiger partial charge is 0.481 e. The molecule has 0 saturated carbocycles. The van der Waals surface area contributed by atoms with E-state index in [-0.39, 0.29) is 51.7 Å². The third-order valence-corrected chi connectivity index (χ3v) is 6.34. The average molecular weight is 585 g/mol. The zero-order valence-corrected chi connectivity index (χ0v) is 23.1. The number of Topliss-reactive ketones (excluding diaryl/α,β-unsaturated/α-hetero) is 1. The molecule has 0 bridgehead atoms. The molecule has 0 aromatic heterocycles. The summed E-state index contributed by atoms with van der Waals surface area (Å²) >= 11 is 0. The van der Waals surface area contributed by atoms with E-state index in [1.54, 1.807) is 48.5 Å². The molecular formula is C30H36N2O10. The van der Waals surface area contributed by atoms with Crippen molar-refractivity contribution in [2.24, 2.45) is 11.7 Å². The van der Waals surface area contributed by atoms with Crippen molar-refractivity contribution in [2.45, 2.75) is 70.2 Å². The second kappa shape index (κ2) is 18.0. The lowest BCUT2D eigenvalue weighted by atomic mass is 9.92. The van der Waals surface area contributed by atoms with Crippen LogP contribution in [0.15, 0.2) is 60.7 Å². The fourth-order valence-electron chi connectivity index (χ4n) is 3.88. The van der Waals surface area contributed by atoms with Crippen LogP contribution in [0.4, 0.5) is 0 Å². The van der Waals surface area contributed by atoms with E-state index in [0.717, 1.165) is 11.1 Å². The molecular weight excluding hydrogens is 548 g/mol. The minimum atomic E-state index is -1.47. The first-order valence-electron chi connectivity index (χ1n) is 13.5. The van der Waals surface area contributed by atoms with Crippen molar-refractivity contribution in [3.8, 4) is 0 Å². The standard InChI is InChI=1S/C30H36N2O10/c31-23(12-14-26(34)35)25(33)17-22(11-15-27(36)41-18-20-7-3-1-4-8-20)29(38)32-24(30(39)40)13-16-28(37)42-19-21-9-5-2-6-10-21/h1-10,22-24H,11-19,31H2,(H,32,38)(H,34,35)(H,39,40). The van der Waals surface area contributed by atoms with E-state index in [1.165, 1.54) is 0 Å². The molecule has 3 atom stereocenters. The molecule has 2 aromatic carbocycles. The van der Waals surface area contributed by atoms with Gasteiger partial charge in [0.05, 0.1) is 6.04 Å². The number of esters is 2. The fourth-order valence-corrected chi connectivity index (χ4v) is 3.88. The highest BCUT2D eigenvalue weighted by Crippen LogP contribution is 2.17. The molecule has 2 rings (SSSR count). The van der Waals surface area contributed by atoms with Crippen molar-refractivity contribution in [1.29, 1.82) is 0 Å². The Labute approximate surface area is 243 Å². The van der Waals surface area contributed by atoms with Crippen LogP contribution < -0.4 is 11.1 Å². The maximum absolute atomic E-state index is 13.1. The van der Waals surface area contributed by atoms with Gasteiger partial charge in [-0.15, -0.1) is 0 Å². The lowest BCUT2D eigenvalue weighted by Gasteiger charge is -2.21. The number of hydrogen-bond acceptors (Lipinski definition) is 9. The summed E-state index contributed by atoms with van der Waals surface area (Å²) in [6, 6.07) is 15.2. The number of ketones is 1. The predicted octanol–water partition coefficient (Wildman–Crippen LogP) is 2.37. The number of rotatable bonds is 19. The molecule has 5 N–H and O–H groups in total. The van der Waals surface area contributed by atoms with Crippen LogP contribution in [0, 0.1) is 5.92 Å². The summed E-state index contributed by atoms with van der Waals surface area (Å²) in [5.74, 6) is -6.40. The molecule has 0 aliphatic carbocycles. The highest BCUT2D eigenvalue weighted by atomic mass is 16.5. The first-order chi connectivity index (χ1) is 20.0. The molecule has 0 saturated heterocycles. The van der Waals surface area contributed by atoms with Gasteiger partial charge in [-0.2, -0.15) is 0 Å². The fraction of sp³-hybridized carbons (Fsp3) is 0.400. The summed E-state index contributed by atoms with van der Waals surface area (Å²) in [6.45, 7) is 0.0213. The van der Waals surface area contributed by atoms with E-state index < -0.39 is 60.0 Å². The molecule has 0 radical (unpaired) electrons. The molecule has 0 aliphatic rings. The van der Waals surface area contributed by atoms with Gasteiger partial charge in [-0.3, -0.25) is 24.0 Å². The number of benzene rings is 2. The van der Waals surface area contributed by atoms with Crippen LogP contribution in [0.3, 0.4) is 0 Å². The molecule has 12 heteroatoms. The third-order valence-electron chi connectivity index (χ3n) is 6.34. The van der Waals surface area contributed by atoms with E-state index in [2.05, 4.69) is 5.32 Å². The smallest absolute Gasteiger partial charge is 0.326 e. The van der Waals surface area contributed by atoms with Gasteiger partial charge in [0.1, 0.15) is 25.0 Å². The van der Waals surface area contributed by atoms with E-state index in [9.17, 15) is 33.9 Å².